The van der Waals surface area contributed by atoms with Crippen molar-refractivity contribution < 1.29 is 5.11 Å². The summed E-state index contributed by atoms with van der Waals surface area (Å²) in [6, 6.07) is 1.97. The number of piperidine rings is 1. The molecule has 1 atom stereocenters. The summed E-state index contributed by atoms with van der Waals surface area (Å²) in [4.78, 5) is 10.5. The maximum Gasteiger partial charge on any atom is 0.133 e. The number of aliphatic hydroxyl groups excluding tert-OH is 1. The maximum atomic E-state index is 9.58. The number of aliphatic hydroxyl groups is 1. The molecule has 1 aliphatic rings. The summed E-state index contributed by atoms with van der Waals surface area (Å²) >= 11 is 1.61. The van der Waals surface area contributed by atoms with Gasteiger partial charge >= 0.3 is 0 Å². The van der Waals surface area contributed by atoms with Crippen LogP contribution in [0.1, 0.15) is 12.8 Å². The molecule has 1 saturated heterocycles. The van der Waals surface area contributed by atoms with E-state index >= 15 is 0 Å². The summed E-state index contributed by atoms with van der Waals surface area (Å²) in [7, 11) is 0. The van der Waals surface area contributed by atoms with E-state index in [9.17, 15) is 5.11 Å². The Morgan fingerprint density at radius 3 is 3.13 bits per heavy atom. The van der Waals surface area contributed by atoms with Gasteiger partial charge in [0.15, 0.2) is 0 Å². The lowest BCUT2D eigenvalue weighted by atomic mass is 10.1. The molecule has 1 aromatic rings. The Morgan fingerprint density at radius 2 is 2.40 bits per heavy atom. The standard InChI is InChI=1S/C10H15N3OS/c1-15-10-5-9(11-7-12-10)13-4-2-3-8(14)6-13/h5,7-8,14H,2-4,6H2,1H3. The fourth-order valence-electron chi connectivity index (χ4n) is 1.78. The first-order chi connectivity index (χ1) is 7.29. The molecule has 5 heteroatoms. The fourth-order valence-corrected chi connectivity index (χ4v) is 2.15. The molecule has 0 aliphatic carbocycles. The lowest BCUT2D eigenvalue weighted by Crippen LogP contribution is -2.38. The van der Waals surface area contributed by atoms with Crippen molar-refractivity contribution >= 4 is 17.6 Å². The highest BCUT2D eigenvalue weighted by Gasteiger charge is 2.18. The van der Waals surface area contributed by atoms with Crippen LogP contribution in [0.3, 0.4) is 0 Å². The second kappa shape index (κ2) is 4.81. The van der Waals surface area contributed by atoms with E-state index in [0.29, 0.717) is 6.54 Å². The van der Waals surface area contributed by atoms with Gasteiger partial charge in [-0.1, -0.05) is 0 Å². The topological polar surface area (TPSA) is 49.2 Å². The minimum atomic E-state index is -0.216. The number of thioether (sulfide) groups is 1. The summed E-state index contributed by atoms with van der Waals surface area (Å²) in [6.45, 7) is 1.66. The van der Waals surface area contributed by atoms with Crippen molar-refractivity contribution in [3.8, 4) is 0 Å². The van der Waals surface area contributed by atoms with E-state index < -0.39 is 0 Å². The molecule has 1 unspecified atom stereocenters. The number of aromatic nitrogens is 2. The predicted molar refractivity (Wildman–Crippen MR) is 61.3 cm³/mol. The molecule has 0 aromatic carbocycles. The second-order valence-electron chi connectivity index (χ2n) is 3.66. The van der Waals surface area contributed by atoms with Gasteiger partial charge in [0.05, 0.1) is 6.10 Å². The van der Waals surface area contributed by atoms with Gasteiger partial charge in [0.25, 0.3) is 0 Å². The molecule has 1 aromatic heterocycles. The molecule has 0 spiro atoms. The molecule has 2 rings (SSSR count). The Hall–Kier alpha value is -0.810. The van der Waals surface area contributed by atoms with E-state index in [-0.39, 0.29) is 6.10 Å². The molecule has 4 nitrogen and oxygen atoms in total. The molecule has 1 fully saturated rings. The van der Waals surface area contributed by atoms with Gasteiger partial charge in [-0.05, 0) is 19.1 Å². The second-order valence-corrected chi connectivity index (χ2v) is 4.49. The third-order valence-electron chi connectivity index (χ3n) is 2.56. The zero-order valence-corrected chi connectivity index (χ0v) is 9.57. The predicted octanol–water partition coefficient (Wildman–Crippen LogP) is 1.16. The minimum Gasteiger partial charge on any atom is -0.391 e. The Balaban J connectivity index is 2.13. The average molecular weight is 225 g/mol. The number of hydrogen-bond donors (Lipinski definition) is 1. The molecule has 0 bridgehead atoms. The van der Waals surface area contributed by atoms with Crippen LogP contribution in [0.25, 0.3) is 0 Å². The van der Waals surface area contributed by atoms with E-state index in [0.717, 1.165) is 30.2 Å². The summed E-state index contributed by atoms with van der Waals surface area (Å²) in [6.07, 6.45) is 5.29. The van der Waals surface area contributed by atoms with Crippen molar-refractivity contribution in [2.75, 3.05) is 24.2 Å². The van der Waals surface area contributed by atoms with Crippen LogP contribution in [0.15, 0.2) is 17.4 Å². The van der Waals surface area contributed by atoms with Gasteiger partial charge in [-0.15, -0.1) is 11.8 Å². The zero-order chi connectivity index (χ0) is 10.7. The summed E-state index contributed by atoms with van der Waals surface area (Å²) in [5, 5.41) is 10.5. The molecule has 82 valence electrons. The van der Waals surface area contributed by atoms with Gasteiger partial charge < -0.3 is 10.0 Å². The first kappa shape index (κ1) is 10.7. The Morgan fingerprint density at radius 1 is 1.53 bits per heavy atom. The van der Waals surface area contributed by atoms with E-state index in [2.05, 4.69) is 14.9 Å². The van der Waals surface area contributed by atoms with Crippen LogP contribution >= 0.6 is 11.8 Å². The lowest BCUT2D eigenvalue weighted by Gasteiger charge is -2.30. The van der Waals surface area contributed by atoms with Crippen LogP contribution in [-0.4, -0.2) is 40.5 Å². The van der Waals surface area contributed by atoms with Crippen LogP contribution < -0.4 is 4.90 Å². The highest BCUT2D eigenvalue weighted by molar-refractivity contribution is 7.98. The quantitative estimate of drug-likeness (QED) is 0.604. The monoisotopic (exact) mass is 225 g/mol. The molecular formula is C10H15N3OS. The minimum absolute atomic E-state index is 0.216. The van der Waals surface area contributed by atoms with Crippen LogP contribution in [0.2, 0.25) is 0 Å². The Labute approximate surface area is 93.7 Å². The molecule has 1 aliphatic heterocycles. The molecule has 15 heavy (non-hydrogen) atoms. The third-order valence-corrected chi connectivity index (χ3v) is 3.20. The molecule has 2 heterocycles. The molecule has 0 amide bonds. The number of nitrogens with zero attached hydrogens (tertiary/aromatic N) is 3. The summed E-state index contributed by atoms with van der Waals surface area (Å²) in [5.74, 6) is 0.924. The zero-order valence-electron chi connectivity index (χ0n) is 8.76. The number of hydrogen-bond acceptors (Lipinski definition) is 5. The van der Waals surface area contributed by atoms with E-state index in [1.165, 1.54) is 0 Å². The van der Waals surface area contributed by atoms with Crippen molar-refractivity contribution in [3.05, 3.63) is 12.4 Å². The normalized spacial score (nSPS) is 21.7. The van der Waals surface area contributed by atoms with Crippen molar-refractivity contribution in [1.82, 2.24) is 9.97 Å². The van der Waals surface area contributed by atoms with Gasteiger partial charge in [-0.2, -0.15) is 0 Å². The Bertz CT molecular complexity index is 334. The van der Waals surface area contributed by atoms with E-state index in [1.54, 1.807) is 18.1 Å². The number of β-amino-alcohol motifs (C(OH)–C–C–N with tert-alkyl or cyclic N) is 1. The summed E-state index contributed by atoms with van der Waals surface area (Å²) in [5.41, 5.74) is 0. The Kier molecular flexibility index (Phi) is 3.43. The molecule has 1 N–H and O–H groups in total. The average Bonchev–Trinajstić information content (AvgIpc) is 2.29. The molecule has 0 radical (unpaired) electrons. The first-order valence-electron chi connectivity index (χ1n) is 5.08. The van der Waals surface area contributed by atoms with Crippen molar-refractivity contribution in [3.63, 3.8) is 0 Å². The van der Waals surface area contributed by atoms with E-state index in [1.807, 2.05) is 12.3 Å². The van der Waals surface area contributed by atoms with Crippen LogP contribution in [-0.2, 0) is 0 Å². The van der Waals surface area contributed by atoms with Gasteiger partial charge in [0.1, 0.15) is 17.2 Å². The smallest absolute Gasteiger partial charge is 0.133 e. The largest absolute Gasteiger partial charge is 0.391 e. The maximum absolute atomic E-state index is 9.58. The molecular weight excluding hydrogens is 210 g/mol. The number of anilines is 1. The highest BCUT2D eigenvalue weighted by atomic mass is 32.2. The summed E-state index contributed by atoms with van der Waals surface area (Å²) < 4.78 is 0. The number of rotatable bonds is 2. The van der Waals surface area contributed by atoms with Gasteiger partial charge in [-0.25, -0.2) is 9.97 Å². The van der Waals surface area contributed by atoms with Crippen molar-refractivity contribution in [2.24, 2.45) is 0 Å². The van der Waals surface area contributed by atoms with Crippen LogP contribution in [0.4, 0.5) is 5.82 Å². The van der Waals surface area contributed by atoms with Crippen LogP contribution in [0.5, 0.6) is 0 Å². The SMILES string of the molecule is CSc1cc(N2CCCC(O)C2)ncn1. The fraction of sp³-hybridized carbons (Fsp3) is 0.600. The molecule has 0 saturated carbocycles. The van der Waals surface area contributed by atoms with E-state index in [4.69, 9.17) is 0 Å². The first-order valence-corrected chi connectivity index (χ1v) is 6.31. The van der Waals surface area contributed by atoms with Gasteiger partial charge in [-0.3, -0.25) is 0 Å². The lowest BCUT2D eigenvalue weighted by molar-refractivity contribution is 0.154. The van der Waals surface area contributed by atoms with Crippen molar-refractivity contribution in [1.29, 1.82) is 0 Å². The highest BCUT2D eigenvalue weighted by Crippen LogP contribution is 2.20. The van der Waals surface area contributed by atoms with Crippen LogP contribution in [0, 0.1) is 0 Å². The van der Waals surface area contributed by atoms with Gasteiger partial charge in [0, 0.05) is 19.2 Å². The van der Waals surface area contributed by atoms with Crippen molar-refractivity contribution in [2.45, 2.75) is 24.0 Å². The van der Waals surface area contributed by atoms with Gasteiger partial charge in [0.2, 0.25) is 0 Å². The third kappa shape index (κ3) is 2.60.